The molecule has 8 heteroatoms. The highest BCUT2D eigenvalue weighted by Gasteiger charge is 2.69. The lowest BCUT2D eigenvalue weighted by Crippen LogP contribution is -2.56. The molecule has 0 aliphatic carbocycles. The molecule has 0 aliphatic rings. The summed E-state index contributed by atoms with van der Waals surface area (Å²) in [5.41, 5.74) is -4.20. The first-order valence-corrected chi connectivity index (χ1v) is 3.91. The summed E-state index contributed by atoms with van der Waals surface area (Å²) in [5.74, 6) is 0. The van der Waals surface area contributed by atoms with Crippen molar-refractivity contribution in [2.24, 2.45) is 0 Å². The van der Waals surface area contributed by atoms with Gasteiger partial charge < -0.3 is 9.47 Å². The standard InChI is InChI=1S/C7H10F6O2/c1-3-14-4-15-5(2,6(8,9)10)7(11,12)13/h3-4H2,1-2H3. The quantitative estimate of drug-likeness (QED) is 0.427. The molecular weight excluding hydrogens is 230 g/mol. The predicted molar refractivity (Wildman–Crippen MR) is 38.1 cm³/mol. The molecule has 0 unspecified atom stereocenters. The van der Waals surface area contributed by atoms with E-state index < -0.39 is 24.7 Å². The highest BCUT2D eigenvalue weighted by atomic mass is 19.4. The molecule has 0 spiro atoms. The summed E-state index contributed by atoms with van der Waals surface area (Å²) in [6.45, 7) is 0.242. The molecule has 0 aromatic heterocycles. The van der Waals surface area contributed by atoms with Crippen LogP contribution in [0.3, 0.4) is 0 Å². The molecule has 0 saturated carbocycles. The molecule has 0 saturated heterocycles. The van der Waals surface area contributed by atoms with Gasteiger partial charge in [0.2, 0.25) is 0 Å². The van der Waals surface area contributed by atoms with E-state index in [0.29, 0.717) is 0 Å². The second-order valence-corrected chi connectivity index (χ2v) is 2.78. The van der Waals surface area contributed by atoms with Crippen LogP contribution in [0.1, 0.15) is 13.8 Å². The fraction of sp³-hybridized carbons (Fsp3) is 1.00. The van der Waals surface area contributed by atoms with Crippen molar-refractivity contribution >= 4 is 0 Å². The van der Waals surface area contributed by atoms with Crippen LogP contribution in [0.4, 0.5) is 26.3 Å². The molecule has 0 radical (unpaired) electrons. The molecular formula is C7H10F6O2. The molecule has 0 bridgehead atoms. The molecule has 15 heavy (non-hydrogen) atoms. The molecule has 0 aromatic carbocycles. The number of halogens is 6. The van der Waals surface area contributed by atoms with Gasteiger partial charge in [-0.2, -0.15) is 26.3 Å². The van der Waals surface area contributed by atoms with Crippen LogP contribution in [-0.4, -0.2) is 31.4 Å². The Balaban J connectivity index is 4.74. The number of alkyl halides is 6. The summed E-state index contributed by atoms with van der Waals surface area (Å²) >= 11 is 0. The van der Waals surface area contributed by atoms with Crippen molar-refractivity contribution in [3.05, 3.63) is 0 Å². The Morgan fingerprint density at radius 1 is 0.933 bits per heavy atom. The van der Waals surface area contributed by atoms with E-state index in [0.717, 1.165) is 0 Å². The Morgan fingerprint density at radius 3 is 1.60 bits per heavy atom. The van der Waals surface area contributed by atoms with E-state index in [4.69, 9.17) is 0 Å². The van der Waals surface area contributed by atoms with Crippen molar-refractivity contribution in [2.75, 3.05) is 13.4 Å². The minimum Gasteiger partial charge on any atom is -0.356 e. The molecule has 0 N–H and O–H groups in total. The molecule has 0 atom stereocenters. The second-order valence-electron chi connectivity index (χ2n) is 2.78. The lowest BCUT2D eigenvalue weighted by molar-refractivity contribution is -0.386. The van der Waals surface area contributed by atoms with E-state index in [-0.39, 0.29) is 13.5 Å². The zero-order valence-electron chi connectivity index (χ0n) is 8.00. The van der Waals surface area contributed by atoms with Crippen molar-refractivity contribution in [3.63, 3.8) is 0 Å². The highest BCUT2D eigenvalue weighted by molar-refractivity contribution is 4.91. The third-order valence-corrected chi connectivity index (χ3v) is 1.72. The van der Waals surface area contributed by atoms with Crippen LogP contribution in [0, 0.1) is 0 Å². The topological polar surface area (TPSA) is 18.5 Å². The summed E-state index contributed by atoms with van der Waals surface area (Å²) in [5, 5.41) is 0. The lowest BCUT2D eigenvalue weighted by Gasteiger charge is -2.33. The molecule has 0 rings (SSSR count). The number of ether oxygens (including phenoxy) is 2. The van der Waals surface area contributed by atoms with Crippen LogP contribution >= 0.6 is 0 Å². The van der Waals surface area contributed by atoms with E-state index in [2.05, 4.69) is 9.47 Å². The fourth-order valence-electron chi connectivity index (χ4n) is 0.567. The molecule has 0 heterocycles. The summed E-state index contributed by atoms with van der Waals surface area (Å²) in [6.07, 6.45) is -11.1. The first-order valence-electron chi connectivity index (χ1n) is 3.91. The monoisotopic (exact) mass is 240 g/mol. The first-order chi connectivity index (χ1) is 6.56. The van der Waals surface area contributed by atoms with Gasteiger partial charge in [-0.05, 0) is 13.8 Å². The van der Waals surface area contributed by atoms with Gasteiger partial charge in [0.25, 0.3) is 5.60 Å². The van der Waals surface area contributed by atoms with Gasteiger partial charge in [-0.3, -0.25) is 0 Å². The third kappa shape index (κ3) is 3.23. The summed E-state index contributed by atoms with van der Waals surface area (Å²) in [6, 6.07) is 0. The van der Waals surface area contributed by atoms with Crippen molar-refractivity contribution in [1.29, 1.82) is 0 Å². The summed E-state index contributed by atoms with van der Waals surface area (Å²) in [7, 11) is 0. The Labute approximate surface area is 82.1 Å². The Hall–Kier alpha value is -0.500. The van der Waals surface area contributed by atoms with Crippen LogP contribution in [0.5, 0.6) is 0 Å². The van der Waals surface area contributed by atoms with Gasteiger partial charge in [-0.15, -0.1) is 0 Å². The van der Waals surface area contributed by atoms with Crippen molar-refractivity contribution in [1.82, 2.24) is 0 Å². The van der Waals surface area contributed by atoms with Gasteiger partial charge in [0, 0.05) is 6.61 Å². The Morgan fingerprint density at radius 2 is 1.33 bits per heavy atom. The lowest BCUT2D eigenvalue weighted by atomic mass is 10.1. The van der Waals surface area contributed by atoms with E-state index in [1.807, 2.05) is 0 Å². The summed E-state index contributed by atoms with van der Waals surface area (Å²) < 4.78 is 80.8. The first kappa shape index (κ1) is 14.5. The third-order valence-electron chi connectivity index (χ3n) is 1.72. The van der Waals surface area contributed by atoms with E-state index in [1.165, 1.54) is 6.92 Å². The number of rotatable bonds is 4. The maximum Gasteiger partial charge on any atom is 0.426 e. The number of hydrogen-bond donors (Lipinski definition) is 0. The van der Waals surface area contributed by atoms with Crippen molar-refractivity contribution in [3.8, 4) is 0 Å². The van der Waals surface area contributed by atoms with E-state index in [9.17, 15) is 26.3 Å². The van der Waals surface area contributed by atoms with Gasteiger partial charge >= 0.3 is 12.4 Å². The smallest absolute Gasteiger partial charge is 0.356 e. The number of hydrogen-bond acceptors (Lipinski definition) is 2. The van der Waals surface area contributed by atoms with E-state index >= 15 is 0 Å². The maximum absolute atomic E-state index is 12.1. The zero-order valence-corrected chi connectivity index (χ0v) is 8.00. The minimum atomic E-state index is -5.54. The second kappa shape index (κ2) is 4.56. The highest BCUT2D eigenvalue weighted by Crippen LogP contribution is 2.45. The SMILES string of the molecule is CCOCOC(C)(C(F)(F)F)C(F)(F)F. The molecule has 92 valence electrons. The summed E-state index contributed by atoms with van der Waals surface area (Å²) in [4.78, 5) is 0. The molecule has 2 nitrogen and oxygen atoms in total. The Bertz CT molecular complexity index is 183. The van der Waals surface area contributed by atoms with Gasteiger partial charge in [0.15, 0.2) is 0 Å². The molecule has 0 fully saturated rings. The van der Waals surface area contributed by atoms with Crippen LogP contribution in [-0.2, 0) is 9.47 Å². The van der Waals surface area contributed by atoms with Crippen LogP contribution in [0.2, 0.25) is 0 Å². The van der Waals surface area contributed by atoms with Crippen molar-refractivity contribution in [2.45, 2.75) is 31.8 Å². The van der Waals surface area contributed by atoms with Gasteiger partial charge in [0.1, 0.15) is 6.79 Å². The zero-order chi connectivity index (χ0) is 12.3. The maximum atomic E-state index is 12.1. The van der Waals surface area contributed by atoms with Gasteiger partial charge in [-0.1, -0.05) is 0 Å². The van der Waals surface area contributed by atoms with Crippen LogP contribution in [0.25, 0.3) is 0 Å². The minimum absolute atomic E-state index is 0.0359. The normalized spacial score (nSPS) is 14.4. The molecule has 0 aliphatic heterocycles. The van der Waals surface area contributed by atoms with Gasteiger partial charge in [-0.25, -0.2) is 0 Å². The molecule has 0 amide bonds. The van der Waals surface area contributed by atoms with Gasteiger partial charge in [0.05, 0.1) is 0 Å². The van der Waals surface area contributed by atoms with Crippen LogP contribution in [0.15, 0.2) is 0 Å². The van der Waals surface area contributed by atoms with E-state index in [1.54, 1.807) is 0 Å². The van der Waals surface area contributed by atoms with Crippen molar-refractivity contribution < 1.29 is 35.8 Å². The fourth-order valence-corrected chi connectivity index (χ4v) is 0.567. The average molecular weight is 240 g/mol. The largest absolute Gasteiger partial charge is 0.426 e. The van der Waals surface area contributed by atoms with Crippen LogP contribution < -0.4 is 0 Å². The Kier molecular flexibility index (Phi) is 4.41. The molecule has 0 aromatic rings. The average Bonchev–Trinajstić information content (AvgIpc) is 2.00. The predicted octanol–water partition coefficient (Wildman–Crippen LogP) is 2.88.